The van der Waals surface area contributed by atoms with E-state index in [1.807, 2.05) is 0 Å². The van der Waals surface area contributed by atoms with Crippen LogP contribution in [-0.2, 0) is 42.2 Å². The van der Waals surface area contributed by atoms with Gasteiger partial charge in [-0.3, -0.25) is 23.4 Å². The van der Waals surface area contributed by atoms with Crippen LogP contribution in [0.1, 0.15) is 265 Å². The van der Waals surface area contributed by atoms with Crippen LogP contribution in [-0.4, -0.2) is 66.5 Å². The van der Waals surface area contributed by atoms with Gasteiger partial charge in [0.15, 0.2) is 6.10 Å². The van der Waals surface area contributed by atoms with Gasteiger partial charge in [-0.25, -0.2) is 4.57 Å². The molecule has 11 nitrogen and oxygen atoms in total. The number of aliphatic hydroxyl groups is 1. The van der Waals surface area contributed by atoms with E-state index in [1.165, 1.54) is 103 Å². The summed E-state index contributed by atoms with van der Waals surface area (Å²) in [6.07, 6.45) is 51.0. The number of unbranched alkanes of at least 4 members (excludes halogenated alkanes) is 29. The third kappa shape index (κ3) is 48.7. The number of carbonyl (C=O) groups is 3. The third-order valence-electron chi connectivity index (χ3n) is 12.0. The summed E-state index contributed by atoms with van der Waals surface area (Å²) >= 11 is 0. The highest BCUT2D eigenvalue weighted by atomic mass is 31.2. The van der Waals surface area contributed by atoms with Gasteiger partial charge in [-0.05, 0) is 77.0 Å². The quantitative estimate of drug-likeness (QED) is 0.0197. The Kier molecular flexibility index (Phi) is 49.3. The van der Waals surface area contributed by atoms with E-state index in [0.29, 0.717) is 19.3 Å². The van der Waals surface area contributed by atoms with Gasteiger partial charge in [0.05, 0.1) is 19.8 Å². The Morgan fingerprint density at radius 3 is 1.13 bits per heavy atom. The van der Waals surface area contributed by atoms with Gasteiger partial charge in [0.2, 0.25) is 0 Å². The second-order valence-corrected chi connectivity index (χ2v) is 20.2. The molecule has 0 saturated carbocycles. The van der Waals surface area contributed by atoms with E-state index in [9.17, 15) is 28.9 Å². The summed E-state index contributed by atoms with van der Waals surface area (Å²) in [6, 6.07) is 0. The number of ether oxygens (including phenoxy) is 3. The van der Waals surface area contributed by atoms with Crippen molar-refractivity contribution in [1.29, 1.82) is 0 Å². The highest BCUT2D eigenvalue weighted by molar-refractivity contribution is 7.47. The van der Waals surface area contributed by atoms with Crippen molar-refractivity contribution in [2.75, 3.05) is 26.4 Å². The maximum absolute atomic E-state index is 12.9. The van der Waals surface area contributed by atoms with Crippen LogP contribution in [0.2, 0.25) is 0 Å². The van der Waals surface area contributed by atoms with Crippen LogP contribution in [0.3, 0.4) is 0 Å². The van der Waals surface area contributed by atoms with E-state index in [2.05, 4.69) is 57.2 Å². The normalized spacial score (nSPS) is 13.7. The van der Waals surface area contributed by atoms with Gasteiger partial charge in [0, 0.05) is 19.3 Å². The van der Waals surface area contributed by atoms with Crippen molar-refractivity contribution >= 4 is 25.7 Å². The largest absolute Gasteiger partial charge is 0.472 e. The predicted octanol–water partition coefficient (Wildman–Crippen LogP) is 16.0. The molecule has 0 amide bonds. The highest BCUT2D eigenvalue weighted by Gasteiger charge is 2.28. The molecular weight excluding hydrogens is 880 g/mol. The molecule has 0 aliphatic heterocycles. The lowest BCUT2D eigenvalue weighted by molar-refractivity contribution is -0.161. The lowest BCUT2D eigenvalue weighted by Gasteiger charge is -2.21. The van der Waals surface area contributed by atoms with E-state index in [-0.39, 0.29) is 25.9 Å². The average molecular weight is 983 g/mol. The standard InChI is InChI=1S/C56H103O11P/c1-4-7-10-13-16-19-22-24-26-28-31-33-36-39-42-45-54(58)63-49-53(67-56(60)47-44-41-38-35-32-29-27-25-23-20-17-14-11-8-5-2)51-65-68(61,62)64-50-52(48-57)66-55(59)46-43-40-37-34-30-21-18-15-12-9-6-3/h16,19,24-27,52-53,57H,4-15,17-18,20-23,28-51H2,1-3H3,(H,61,62)/b19-16-,26-24-,27-25-. The first-order valence-electron chi connectivity index (χ1n) is 27.9. The first-order chi connectivity index (χ1) is 33.2. The van der Waals surface area contributed by atoms with Gasteiger partial charge in [-0.1, -0.05) is 205 Å². The zero-order valence-corrected chi connectivity index (χ0v) is 44.7. The average Bonchev–Trinajstić information content (AvgIpc) is 3.32. The Hall–Kier alpha value is -2.30. The summed E-state index contributed by atoms with van der Waals surface area (Å²) in [5, 5.41) is 9.78. The number of phosphoric acid groups is 1. The van der Waals surface area contributed by atoms with E-state index < -0.39 is 57.8 Å². The molecule has 0 saturated heterocycles. The Labute approximate surface area is 416 Å². The van der Waals surface area contributed by atoms with E-state index in [1.54, 1.807) is 0 Å². The minimum atomic E-state index is -4.74. The van der Waals surface area contributed by atoms with Crippen LogP contribution < -0.4 is 0 Å². The van der Waals surface area contributed by atoms with Crippen molar-refractivity contribution in [3.05, 3.63) is 36.5 Å². The van der Waals surface area contributed by atoms with Gasteiger partial charge >= 0.3 is 25.7 Å². The molecule has 0 spiro atoms. The minimum absolute atomic E-state index is 0.157. The highest BCUT2D eigenvalue weighted by Crippen LogP contribution is 2.43. The number of phosphoric ester groups is 1. The van der Waals surface area contributed by atoms with Gasteiger partial charge in [-0.15, -0.1) is 0 Å². The van der Waals surface area contributed by atoms with Gasteiger partial charge in [0.25, 0.3) is 0 Å². The molecule has 0 heterocycles. The fourth-order valence-electron chi connectivity index (χ4n) is 7.73. The first kappa shape index (κ1) is 65.7. The molecule has 398 valence electrons. The van der Waals surface area contributed by atoms with Crippen molar-refractivity contribution in [1.82, 2.24) is 0 Å². The van der Waals surface area contributed by atoms with Crippen molar-refractivity contribution in [3.63, 3.8) is 0 Å². The molecule has 2 N–H and O–H groups in total. The summed E-state index contributed by atoms with van der Waals surface area (Å²) in [5.74, 6) is -1.48. The zero-order chi connectivity index (χ0) is 49.9. The number of allylic oxidation sites excluding steroid dienone is 6. The molecule has 0 aliphatic rings. The zero-order valence-electron chi connectivity index (χ0n) is 43.8. The summed E-state index contributed by atoms with van der Waals surface area (Å²) in [4.78, 5) is 48.4. The van der Waals surface area contributed by atoms with Crippen molar-refractivity contribution < 1.29 is 52.2 Å². The predicted molar refractivity (Wildman–Crippen MR) is 279 cm³/mol. The summed E-state index contributed by atoms with van der Waals surface area (Å²) in [5.41, 5.74) is 0. The van der Waals surface area contributed by atoms with Gasteiger partial charge < -0.3 is 24.2 Å². The number of hydrogen-bond donors (Lipinski definition) is 2. The number of esters is 3. The number of rotatable bonds is 52. The summed E-state index contributed by atoms with van der Waals surface area (Å²) in [7, 11) is -4.74. The smallest absolute Gasteiger partial charge is 0.462 e. The topological polar surface area (TPSA) is 155 Å². The Bertz CT molecular complexity index is 1280. The molecule has 0 rings (SSSR count). The van der Waals surface area contributed by atoms with Gasteiger partial charge in [0.1, 0.15) is 12.7 Å². The fraction of sp³-hybridized carbons (Fsp3) is 0.839. The van der Waals surface area contributed by atoms with Crippen LogP contribution in [0, 0.1) is 0 Å². The van der Waals surface area contributed by atoms with Crippen LogP contribution >= 0.6 is 7.82 Å². The molecule has 12 heteroatoms. The molecule has 0 aromatic carbocycles. The summed E-state index contributed by atoms with van der Waals surface area (Å²) in [6.45, 7) is 4.60. The summed E-state index contributed by atoms with van der Waals surface area (Å²) < 4.78 is 39.4. The van der Waals surface area contributed by atoms with E-state index in [4.69, 9.17) is 23.3 Å². The SMILES string of the molecule is CCCCC/C=C\C/C=C\CCCCCCCC(=O)OCC(COP(=O)(O)OCC(CO)OC(=O)CCCCCCCCCCCCC)OC(=O)CCCCCCC/C=C\CCCCCCCC. The van der Waals surface area contributed by atoms with Crippen LogP contribution in [0.25, 0.3) is 0 Å². The second-order valence-electron chi connectivity index (χ2n) is 18.7. The maximum atomic E-state index is 12.9. The van der Waals surface area contributed by atoms with Gasteiger partial charge in [-0.2, -0.15) is 0 Å². The van der Waals surface area contributed by atoms with Crippen molar-refractivity contribution in [2.24, 2.45) is 0 Å². The molecule has 0 bridgehead atoms. The number of aliphatic hydroxyl groups excluding tert-OH is 1. The molecule has 3 atom stereocenters. The number of carbonyl (C=O) groups excluding carboxylic acids is 3. The molecule has 0 aromatic heterocycles. The Balaban J connectivity index is 4.75. The van der Waals surface area contributed by atoms with Crippen LogP contribution in [0.5, 0.6) is 0 Å². The Morgan fingerprint density at radius 2 is 0.721 bits per heavy atom. The first-order valence-corrected chi connectivity index (χ1v) is 29.4. The lowest BCUT2D eigenvalue weighted by atomic mass is 10.1. The van der Waals surface area contributed by atoms with Crippen LogP contribution in [0.15, 0.2) is 36.5 Å². The number of hydrogen-bond acceptors (Lipinski definition) is 10. The minimum Gasteiger partial charge on any atom is -0.462 e. The van der Waals surface area contributed by atoms with Crippen LogP contribution in [0.4, 0.5) is 0 Å². The van der Waals surface area contributed by atoms with Crippen molar-refractivity contribution in [2.45, 2.75) is 277 Å². The Morgan fingerprint density at radius 1 is 0.412 bits per heavy atom. The molecule has 0 aliphatic carbocycles. The monoisotopic (exact) mass is 983 g/mol. The molecular formula is C56H103O11P. The molecule has 0 aromatic rings. The third-order valence-corrected chi connectivity index (χ3v) is 13.0. The lowest BCUT2D eigenvalue weighted by Crippen LogP contribution is -2.30. The molecule has 0 radical (unpaired) electrons. The fourth-order valence-corrected chi connectivity index (χ4v) is 8.52. The second kappa shape index (κ2) is 51.1. The maximum Gasteiger partial charge on any atom is 0.472 e. The molecule has 3 unspecified atom stereocenters. The molecule has 68 heavy (non-hydrogen) atoms. The van der Waals surface area contributed by atoms with E-state index >= 15 is 0 Å². The van der Waals surface area contributed by atoms with Crippen molar-refractivity contribution in [3.8, 4) is 0 Å². The molecule has 0 fully saturated rings. The van der Waals surface area contributed by atoms with E-state index in [0.717, 1.165) is 103 Å².